The van der Waals surface area contributed by atoms with E-state index in [9.17, 15) is 4.79 Å². The molecule has 1 aromatic heterocycles. The Kier molecular flexibility index (Phi) is 5.01. The third-order valence-electron chi connectivity index (χ3n) is 2.33. The Balaban J connectivity index is 2.20. The predicted molar refractivity (Wildman–Crippen MR) is 61.3 cm³/mol. The third-order valence-corrected chi connectivity index (χ3v) is 2.33. The van der Waals surface area contributed by atoms with Gasteiger partial charge in [0.25, 0.3) is 0 Å². The zero-order valence-electron chi connectivity index (χ0n) is 9.82. The van der Waals surface area contributed by atoms with Crippen LogP contribution in [0.25, 0.3) is 0 Å². The number of carbonyl (C=O) groups excluding carboxylic acids is 1. The Hall–Kier alpha value is -1.33. The maximum atomic E-state index is 10.9. The molecule has 0 saturated carbocycles. The molecule has 3 N–H and O–H groups in total. The Morgan fingerprint density at radius 3 is 2.88 bits per heavy atom. The highest BCUT2D eigenvalue weighted by Gasteiger charge is 2.05. The fourth-order valence-corrected chi connectivity index (χ4v) is 1.50. The summed E-state index contributed by atoms with van der Waals surface area (Å²) in [6.07, 6.45) is 1.25. The second-order valence-corrected chi connectivity index (χ2v) is 3.92. The topological polar surface area (TPSA) is 71.5 Å². The molecule has 1 amide bonds. The van der Waals surface area contributed by atoms with Crippen LogP contribution >= 0.6 is 0 Å². The number of furan rings is 1. The van der Waals surface area contributed by atoms with Gasteiger partial charge in [-0.15, -0.1) is 0 Å². The van der Waals surface area contributed by atoms with Crippen LogP contribution in [0.1, 0.15) is 24.4 Å². The zero-order chi connectivity index (χ0) is 12.0. The van der Waals surface area contributed by atoms with Gasteiger partial charge in [0, 0.05) is 6.42 Å². The van der Waals surface area contributed by atoms with E-state index < -0.39 is 0 Å². The number of hydrogen-bond donors (Lipinski definition) is 2. The van der Waals surface area contributed by atoms with Crippen molar-refractivity contribution in [3.63, 3.8) is 0 Å². The molecule has 1 aromatic rings. The summed E-state index contributed by atoms with van der Waals surface area (Å²) in [6.45, 7) is 3.53. The number of aryl methyl sites for hydroxylation is 1. The minimum Gasteiger partial charge on any atom is -0.465 e. The van der Waals surface area contributed by atoms with Gasteiger partial charge in [-0.1, -0.05) is 0 Å². The van der Waals surface area contributed by atoms with E-state index in [1.165, 1.54) is 0 Å². The van der Waals surface area contributed by atoms with Crippen LogP contribution < -0.4 is 11.3 Å². The molecule has 0 fully saturated rings. The molecule has 1 rings (SSSR count). The lowest BCUT2D eigenvalue weighted by molar-refractivity contribution is -0.121. The van der Waals surface area contributed by atoms with Crippen LogP contribution in [0.15, 0.2) is 16.5 Å². The van der Waals surface area contributed by atoms with Gasteiger partial charge in [-0.2, -0.15) is 0 Å². The van der Waals surface area contributed by atoms with Crippen molar-refractivity contribution in [2.75, 3.05) is 13.6 Å². The molecule has 0 aliphatic carbocycles. The summed E-state index contributed by atoms with van der Waals surface area (Å²) >= 11 is 0. The fourth-order valence-electron chi connectivity index (χ4n) is 1.50. The Labute approximate surface area is 95.6 Å². The first-order valence-electron chi connectivity index (χ1n) is 5.35. The average molecular weight is 225 g/mol. The lowest BCUT2D eigenvalue weighted by atomic mass is 10.3. The van der Waals surface area contributed by atoms with Crippen LogP contribution in [-0.2, 0) is 11.3 Å². The number of amides is 1. The number of nitrogens with one attached hydrogen (secondary N) is 1. The SMILES string of the molecule is Cc1ccc(CN(C)CCCC(=O)NN)o1. The molecule has 0 aliphatic heterocycles. The van der Waals surface area contributed by atoms with Gasteiger partial charge in [-0.25, -0.2) is 5.84 Å². The van der Waals surface area contributed by atoms with E-state index in [1.54, 1.807) is 0 Å². The molecule has 0 atom stereocenters. The van der Waals surface area contributed by atoms with Gasteiger partial charge < -0.3 is 4.42 Å². The molecule has 0 unspecified atom stereocenters. The number of nitrogens with two attached hydrogens (primary N) is 1. The maximum Gasteiger partial charge on any atom is 0.233 e. The van der Waals surface area contributed by atoms with Gasteiger partial charge in [0.2, 0.25) is 5.91 Å². The quantitative estimate of drug-likeness (QED) is 0.426. The normalized spacial score (nSPS) is 10.8. The molecule has 16 heavy (non-hydrogen) atoms. The van der Waals surface area contributed by atoms with E-state index in [-0.39, 0.29) is 5.91 Å². The first-order chi connectivity index (χ1) is 7.61. The van der Waals surface area contributed by atoms with Crippen LogP contribution in [-0.4, -0.2) is 24.4 Å². The summed E-state index contributed by atoms with van der Waals surface area (Å²) in [4.78, 5) is 13.0. The zero-order valence-corrected chi connectivity index (χ0v) is 9.82. The number of rotatable bonds is 6. The third kappa shape index (κ3) is 4.46. The molecule has 90 valence electrons. The van der Waals surface area contributed by atoms with Gasteiger partial charge in [0.05, 0.1) is 6.54 Å². The van der Waals surface area contributed by atoms with E-state index >= 15 is 0 Å². The highest BCUT2D eigenvalue weighted by molar-refractivity contribution is 5.75. The molecule has 0 spiro atoms. The molecule has 1 heterocycles. The Bertz CT molecular complexity index is 336. The molecule has 0 radical (unpaired) electrons. The minimum atomic E-state index is -0.123. The second kappa shape index (κ2) is 6.30. The van der Waals surface area contributed by atoms with Crippen molar-refractivity contribution in [2.45, 2.75) is 26.3 Å². The monoisotopic (exact) mass is 225 g/mol. The largest absolute Gasteiger partial charge is 0.465 e. The van der Waals surface area contributed by atoms with Crippen molar-refractivity contribution in [3.05, 3.63) is 23.7 Å². The molecule has 0 aromatic carbocycles. The molecular weight excluding hydrogens is 206 g/mol. The average Bonchev–Trinajstić information content (AvgIpc) is 2.63. The standard InChI is InChI=1S/C11H19N3O2/c1-9-5-6-10(16-9)8-14(2)7-3-4-11(15)13-12/h5-6H,3-4,7-8,12H2,1-2H3,(H,13,15). The van der Waals surface area contributed by atoms with E-state index in [0.717, 1.165) is 31.0 Å². The van der Waals surface area contributed by atoms with Crippen LogP contribution in [0, 0.1) is 6.92 Å². The number of hydrazine groups is 1. The molecule has 0 aliphatic rings. The molecular formula is C11H19N3O2. The smallest absolute Gasteiger partial charge is 0.233 e. The van der Waals surface area contributed by atoms with E-state index in [2.05, 4.69) is 10.3 Å². The summed E-state index contributed by atoms with van der Waals surface area (Å²) in [6, 6.07) is 3.92. The van der Waals surface area contributed by atoms with Crippen LogP contribution in [0.4, 0.5) is 0 Å². The number of hydrogen-bond acceptors (Lipinski definition) is 4. The van der Waals surface area contributed by atoms with Gasteiger partial charge in [0.15, 0.2) is 0 Å². The molecule has 5 heteroatoms. The Morgan fingerprint density at radius 2 is 2.31 bits per heavy atom. The summed E-state index contributed by atoms with van der Waals surface area (Å²) in [7, 11) is 2.00. The van der Waals surface area contributed by atoms with Gasteiger partial charge in [-0.05, 0) is 39.1 Å². The first kappa shape index (κ1) is 12.7. The summed E-state index contributed by atoms with van der Waals surface area (Å²) in [5, 5.41) is 0. The lowest BCUT2D eigenvalue weighted by Crippen LogP contribution is -2.30. The van der Waals surface area contributed by atoms with Crippen molar-refractivity contribution >= 4 is 5.91 Å². The van der Waals surface area contributed by atoms with E-state index in [1.807, 2.05) is 26.1 Å². The summed E-state index contributed by atoms with van der Waals surface area (Å²) < 4.78 is 5.46. The summed E-state index contributed by atoms with van der Waals surface area (Å²) in [5.41, 5.74) is 2.12. The number of nitrogens with zero attached hydrogens (tertiary/aromatic N) is 1. The fraction of sp³-hybridized carbons (Fsp3) is 0.545. The van der Waals surface area contributed by atoms with Crippen molar-refractivity contribution in [1.82, 2.24) is 10.3 Å². The molecule has 5 nitrogen and oxygen atoms in total. The van der Waals surface area contributed by atoms with E-state index in [4.69, 9.17) is 10.3 Å². The van der Waals surface area contributed by atoms with E-state index in [0.29, 0.717) is 6.42 Å². The second-order valence-electron chi connectivity index (χ2n) is 3.92. The minimum absolute atomic E-state index is 0.123. The molecule has 0 saturated heterocycles. The first-order valence-corrected chi connectivity index (χ1v) is 5.35. The van der Waals surface area contributed by atoms with Gasteiger partial charge in [0.1, 0.15) is 11.5 Å². The van der Waals surface area contributed by atoms with Gasteiger partial charge >= 0.3 is 0 Å². The van der Waals surface area contributed by atoms with Crippen molar-refractivity contribution in [3.8, 4) is 0 Å². The van der Waals surface area contributed by atoms with Crippen molar-refractivity contribution in [2.24, 2.45) is 5.84 Å². The highest BCUT2D eigenvalue weighted by atomic mass is 16.3. The lowest BCUT2D eigenvalue weighted by Gasteiger charge is -2.14. The van der Waals surface area contributed by atoms with Gasteiger partial charge in [-0.3, -0.25) is 15.1 Å². The summed E-state index contributed by atoms with van der Waals surface area (Å²) in [5.74, 6) is 6.73. The van der Waals surface area contributed by atoms with Crippen LogP contribution in [0.3, 0.4) is 0 Å². The van der Waals surface area contributed by atoms with Crippen LogP contribution in [0.2, 0.25) is 0 Å². The van der Waals surface area contributed by atoms with Crippen molar-refractivity contribution < 1.29 is 9.21 Å². The number of carbonyl (C=O) groups is 1. The maximum absolute atomic E-state index is 10.9. The van der Waals surface area contributed by atoms with Crippen molar-refractivity contribution in [1.29, 1.82) is 0 Å². The highest BCUT2D eigenvalue weighted by Crippen LogP contribution is 2.08. The predicted octanol–water partition coefficient (Wildman–Crippen LogP) is 0.790. The Morgan fingerprint density at radius 1 is 1.56 bits per heavy atom. The van der Waals surface area contributed by atoms with Crippen LogP contribution in [0.5, 0.6) is 0 Å². The molecule has 0 bridgehead atoms.